The van der Waals surface area contributed by atoms with E-state index in [-0.39, 0.29) is 31.4 Å². The molecule has 0 fully saturated rings. The Labute approximate surface area is 187 Å². The lowest BCUT2D eigenvalue weighted by molar-refractivity contribution is 0.115. The molecule has 2 aromatic carbocycles. The predicted octanol–water partition coefficient (Wildman–Crippen LogP) is 4.41. The molecule has 0 spiro atoms. The Morgan fingerprint density at radius 2 is 1.75 bits per heavy atom. The SMILES string of the molecule is CCC(C#N)(CC[C@](CF)(NC(=O)OCc1ccccc1)c1ccccc1F)S(C)(=O)=O. The van der Waals surface area contributed by atoms with Crippen molar-refractivity contribution in [3.05, 3.63) is 71.5 Å². The summed E-state index contributed by atoms with van der Waals surface area (Å²) in [6, 6.07) is 15.9. The molecule has 1 unspecified atom stereocenters. The molecule has 0 saturated carbocycles. The first-order chi connectivity index (χ1) is 15.1. The average Bonchev–Trinajstić information content (AvgIpc) is 2.78. The summed E-state index contributed by atoms with van der Waals surface area (Å²) in [6.45, 7) is 0.210. The van der Waals surface area contributed by atoms with Crippen LogP contribution in [0.5, 0.6) is 0 Å². The van der Waals surface area contributed by atoms with E-state index in [1.807, 2.05) is 6.07 Å². The summed E-state index contributed by atoms with van der Waals surface area (Å²) < 4.78 is 57.1. The minimum atomic E-state index is -3.85. The van der Waals surface area contributed by atoms with Crippen molar-refractivity contribution in [1.29, 1.82) is 5.26 Å². The Morgan fingerprint density at radius 3 is 2.28 bits per heavy atom. The largest absolute Gasteiger partial charge is 0.445 e. The van der Waals surface area contributed by atoms with E-state index in [4.69, 9.17) is 4.74 Å². The zero-order valence-corrected chi connectivity index (χ0v) is 18.8. The van der Waals surface area contributed by atoms with Crippen LogP contribution in [-0.2, 0) is 26.7 Å². The lowest BCUT2D eigenvalue weighted by Crippen LogP contribution is -2.50. The first-order valence-corrected chi connectivity index (χ1v) is 11.9. The van der Waals surface area contributed by atoms with Gasteiger partial charge in [-0.2, -0.15) is 5.26 Å². The molecule has 0 radical (unpaired) electrons. The summed E-state index contributed by atoms with van der Waals surface area (Å²) >= 11 is 0. The van der Waals surface area contributed by atoms with Crippen LogP contribution in [-0.4, -0.2) is 32.2 Å². The highest BCUT2D eigenvalue weighted by molar-refractivity contribution is 7.92. The number of nitrogens with one attached hydrogen (secondary N) is 1. The fourth-order valence-corrected chi connectivity index (χ4v) is 4.66. The second kappa shape index (κ2) is 10.6. The average molecular weight is 465 g/mol. The van der Waals surface area contributed by atoms with E-state index >= 15 is 0 Å². The van der Waals surface area contributed by atoms with E-state index in [9.17, 15) is 27.3 Å². The number of amides is 1. The van der Waals surface area contributed by atoms with Gasteiger partial charge in [0.1, 0.15) is 19.1 Å². The number of hydrogen-bond acceptors (Lipinski definition) is 5. The monoisotopic (exact) mass is 464 g/mol. The highest BCUT2D eigenvalue weighted by Gasteiger charge is 2.44. The molecule has 172 valence electrons. The maximum atomic E-state index is 14.6. The second-order valence-corrected chi connectivity index (χ2v) is 9.94. The van der Waals surface area contributed by atoms with Gasteiger partial charge >= 0.3 is 6.09 Å². The van der Waals surface area contributed by atoms with E-state index in [0.717, 1.165) is 12.3 Å². The van der Waals surface area contributed by atoms with Crippen molar-refractivity contribution in [2.45, 2.75) is 43.1 Å². The quantitative estimate of drug-likeness (QED) is 0.562. The molecule has 1 N–H and O–H groups in total. The Bertz CT molecular complexity index is 1070. The van der Waals surface area contributed by atoms with Gasteiger partial charge in [-0.25, -0.2) is 22.0 Å². The molecule has 6 nitrogen and oxygen atoms in total. The van der Waals surface area contributed by atoms with Crippen LogP contribution in [0.15, 0.2) is 54.6 Å². The van der Waals surface area contributed by atoms with Gasteiger partial charge in [0.15, 0.2) is 14.6 Å². The molecule has 2 atom stereocenters. The number of benzene rings is 2. The van der Waals surface area contributed by atoms with E-state index < -0.39 is 38.7 Å². The fourth-order valence-electron chi connectivity index (χ4n) is 3.50. The fraction of sp³-hybridized carbons (Fsp3) is 0.391. The van der Waals surface area contributed by atoms with Crippen LogP contribution in [0.1, 0.15) is 37.3 Å². The molecule has 0 aliphatic carbocycles. The minimum Gasteiger partial charge on any atom is -0.445 e. The Hall–Kier alpha value is -2.99. The van der Waals surface area contributed by atoms with Crippen molar-refractivity contribution in [3.8, 4) is 6.07 Å². The molecular weight excluding hydrogens is 438 g/mol. The lowest BCUT2D eigenvalue weighted by Gasteiger charge is -2.35. The summed E-state index contributed by atoms with van der Waals surface area (Å²) in [4.78, 5) is 12.5. The molecule has 2 aromatic rings. The lowest BCUT2D eigenvalue weighted by atomic mass is 9.83. The highest BCUT2D eigenvalue weighted by atomic mass is 32.2. The molecule has 0 aromatic heterocycles. The molecule has 9 heteroatoms. The number of nitriles is 1. The molecule has 32 heavy (non-hydrogen) atoms. The van der Waals surface area contributed by atoms with Crippen molar-refractivity contribution < 1.29 is 26.7 Å². The Morgan fingerprint density at radius 1 is 1.12 bits per heavy atom. The molecule has 0 aliphatic rings. The third-order valence-electron chi connectivity index (χ3n) is 5.61. The van der Waals surface area contributed by atoms with Crippen LogP contribution in [0.2, 0.25) is 0 Å². The maximum Gasteiger partial charge on any atom is 0.408 e. The van der Waals surface area contributed by atoms with Crippen molar-refractivity contribution in [3.63, 3.8) is 0 Å². The zero-order chi connectivity index (χ0) is 23.8. The maximum absolute atomic E-state index is 14.6. The number of ether oxygens (including phenoxy) is 1. The molecule has 0 bridgehead atoms. The number of rotatable bonds is 10. The van der Waals surface area contributed by atoms with Crippen molar-refractivity contribution >= 4 is 15.9 Å². The summed E-state index contributed by atoms with van der Waals surface area (Å²) in [5.41, 5.74) is -1.37. The van der Waals surface area contributed by atoms with E-state index in [1.54, 1.807) is 30.3 Å². The van der Waals surface area contributed by atoms with Gasteiger partial charge in [-0.3, -0.25) is 0 Å². The number of halogens is 2. The molecule has 2 rings (SSSR count). The van der Waals surface area contributed by atoms with Crippen LogP contribution in [0.3, 0.4) is 0 Å². The number of sulfone groups is 1. The van der Waals surface area contributed by atoms with Crippen molar-refractivity contribution in [2.24, 2.45) is 0 Å². The molecule has 1 amide bonds. The van der Waals surface area contributed by atoms with Crippen LogP contribution in [0, 0.1) is 17.1 Å². The van der Waals surface area contributed by atoms with Gasteiger partial charge in [0.05, 0.1) is 11.6 Å². The molecule has 0 saturated heterocycles. The third kappa shape index (κ3) is 5.62. The number of carbonyl (C=O) groups excluding carboxylic acids is 1. The standard InChI is InChI=1S/C23H26F2N2O4S/c1-3-22(17-26,32(2,29)30)13-14-23(16-24,19-11-7-8-12-20(19)25)27-21(28)31-15-18-9-5-4-6-10-18/h4-12H,3,13-16H2,1-2H3,(H,27,28)/t22?,23-/m1/s1. The van der Waals surface area contributed by atoms with Gasteiger partial charge in [-0.1, -0.05) is 55.5 Å². The first kappa shape index (κ1) is 25.3. The van der Waals surface area contributed by atoms with Gasteiger partial charge < -0.3 is 10.1 Å². The second-order valence-electron chi connectivity index (χ2n) is 7.61. The van der Waals surface area contributed by atoms with Crippen LogP contribution < -0.4 is 5.32 Å². The van der Waals surface area contributed by atoms with Gasteiger partial charge in [0, 0.05) is 11.8 Å². The van der Waals surface area contributed by atoms with Gasteiger partial charge in [-0.05, 0) is 30.9 Å². The van der Waals surface area contributed by atoms with Crippen molar-refractivity contribution in [2.75, 3.05) is 12.9 Å². The minimum absolute atomic E-state index is 0.0412. The summed E-state index contributed by atoms with van der Waals surface area (Å²) in [5.74, 6) is -0.771. The topological polar surface area (TPSA) is 96.3 Å². The number of hydrogen-bond donors (Lipinski definition) is 1. The van der Waals surface area contributed by atoms with E-state index in [1.165, 1.54) is 25.1 Å². The van der Waals surface area contributed by atoms with E-state index in [0.29, 0.717) is 5.56 Å². The van der Waals surface area contributed by atoms with Crippen LogP contribution in [0.25, 0.3) is 0 Å². The van der Waals surface area contributed by atoms with Gasteiger partial charge in [-0.15, -0.1) is 0 Å². The van der Waals surface area contributed by atoms with Crippen molar-refractivity contribution in [1.82, 2.24) is 5.32 Å². The highest BCUT2D eigenvalue weighted by Crippen LogP contribution is 2.35. The smallest absolute Gasteiger partial charge is 0.408 e. The first-order valence-electron chi connectivity index (χ1n) is 10.0. The predicted molar refractivity (Wildman–Crippen MR) is 117 cm³/mol. The normalized spacial score (nSPS) is 15.1. The number of alkyl carbamates (subject to hydrolysis) is 1. The number of alkyl halides is 1. The summed E-state index contributed by atoms with van der Waals surface area (Å²) in [5, 5.41) is 12.0. The van der Waals surface area contributed by atoms with Crippen LogP contribution >= 0.6 is 0 Å². The van der Waals surface area contributed by atoms with Crippen LogP contribution in [0.4, 0.5) is 13.6 Å². The third-order valence-corrected chi connectivity index (χ3v) is 7.62. The molecule has 0 aliphatic heterocycles. The zero-order valence-electron chi connectivity index (χ0n) is 18.0. The Kier molecular flexibility index (Phi) is 8.33. The number of nitrogens with zero attached hydrogens (tertiary/aromatic N) is 1. The Balaban J connectivity index is 2.36. The molecule has 0 heterocycles. The van der Waals surface area contributed by atoms with Gasteiger partial charge in [0.25, 0.3) is 0 Å². The van der Waals surface area contributed by atoms with E-state index in [2.05, 4.69) is 5.32 Å². The summed E-state index contributed by atoms with van der Waals surface area (Å²) in [6.07, 6.45) is -0.745. The number of carbonyl (C=O) groups is 1. The van der Waals surface area contributed by atoms with Gasteiger partial charge in [0.2, 0.25) is 0 Å². The molecular formula is C23H26F2N2O4S. The summed E-state index contributed by atoms with van der Waals surface area (Å²) in [7, 11) is -3.85.